The summed E-state index contributed by atoms with van der Waals surface area (Å²) in [6.07, 6.45) is 3.28. The normalized spacial score (nSPS) is 11.1. The second-order valence-electron chi connectivity index (χ2n) is 8.56. The van der Waals surface area contributed by atoms with E-state index < -0.39 is 0 Å². The van der Waals surface area contributed by atoms with Gasteiger partial charge in [-0.05, 0) is 0 Å². The summed E-state index contributed by atoms with van der Waals surface area (Å²) < 4.78 is 10.9. The Balaban J connectivity index is 1.69. The van der Waals surface area contributed by atoms with Crippen LogP contribution in [0.4, 0.5) is 0 Å². The van der Waals surface area contributed by atoms with Crippen LogP contribution >= 0.6 is 23.2 Å². The number of aromatic nitrogens is 4. The summed E-state index contributed by atoms with van der Waals surface area (Å²) in [5.41, 5.74) is 5.09. The molecule has 0 radical (unpaired) electrons. The molecule has 2 heterocycles. The van der Waals surface area contributed by atoms with Gasteiger partial charge in [-0.2, -0.15) is 0 Å². The van der Waals surface area contributed by atoms with Gasteiger partial charge < -0.3 is 30.3 Å². The van der Waals surface area contributed by atoms with Crippen molar-refractivity contribution in [3.63, 3.8) is 0 Å². The Morgan fingerprint density at radius 1 is 0.675 bits per heavy atom. The second-order valence-corrected chi connectivity index (χ2v) is 9.31. The molecular formula is C28H30Cl2N6O4. The number of rotatable bonds is 13. The predicted octanol–water partition coefficient (Wildman–Crippen LogP) is 3.76. The molecular weight excluding hydrogens is 555 g/mol. The van der Waals surface area contributed by atoms with Crippen molar-refractivity contribution in [1.82, 2.24) is 30.6 Å². The first-order chi connectivity index (χ1) is 19.5. The highest BCUT2D eigenvalue weighted by molar-refractivity contribution is 6.39. The molecule has 40 heavy (non-hydrogen) atoms. The number of halogens is 2. The fourth-order valence-electron chi connectivity index (χ4n) is 4.07. The van der Waals surface area contributed by atoms with E-state index in [-0.39, 0.29) is 13.2 Å². The molecule has 2 aromatic carbocycles. The van der Waals surface area contributed by atoms with Crippen LogP contribution in [0.3, 0.4) is 0 Å². The fourth-order valence-corrected chi connectivity index (χ4v) is 4.72. The smallest absolute Gasteiger partial charge is 0.237 e. The monoisotopic (exact) mass is 584 g/mol. The molecule has 0 saturated heterocycles. The van der Waals surface area contributed by atoms with Crippen LogP contribution < -0.4 is 20.1 Å². The molecule has 210 valence electrons. The van der Waals surface area contributed by atoms with Crippen molar-refractivity contribution in [2.45, 2.75) is 13.1 Å². The first-order valence-electron chi connectivity index (χ1n) is 12.5. The third kappa shape index (κ3) is 6.67. The molecule has 2 aromatic heterocycles. The Morgan fingerprint density at radius 3 is 1.45 bits per heavy atom. The van der Waals surface area contributed by atoms with Crippen LogP contribution in [-0.2, 0) is 13.1 Å². The van der Waals surface area contributed by atoms with Gasteiger partial charge in [0, 0.05) is 48.4 Å². The quantitative estimate of drug-likeness (QED) is 0.172. The van der Waals surface area contributed by atoms with E-state index in [4.69, 9.17) is 42.9 Å². The number of hydrogen-bond acceptors (Lipinski definition) is 10. The average Bonchev–Trinajstić information content (AvgIpc) is 2.98. The van der Waals surface area contributed by atoms with Gasteiger partial charge in [-0.3, -0.25) is 9.97 Å². The Hall–Kier alpha value is -3.38. The van der Waals surface area contributed by atoms with E-state index in [0.29, 0.717) is 93.0 Å². The molecule has 0 spiro atoms. The van der Waals surface area contributed by atoms with Gasteiger partial charge >= 0.3 is 0 Å². The minimum absolute atomic E-state index is 0.0221. The Bertz CT molecular complexity index is 1350. The van der Waals surface area contributed by atoms with E-state index in [1.165, 1.54) is 14.2 Å². The number of benzene rings is 2. The van der Waals surface area contributed by atoms with Crippen LogP contribution in [0.2, 0.25) is 10.0 Å². The van der Waals surface area contributed by atoms with Crippen molar-refractivity contribution in [2.75, 3.05) is 40.5 Å². The molecule has 0 bridgehead atoms. The summed E-state index contributed by atoms with van der Waals surface area (Å²) in [6, 6.07) is 11.2. The van der Waals surface area contributed by atoms with Crippen molar-refractivity contribution in [3.8, 4) is 45.4 Å². The number of ether oxygens (including phenoxy) is 2. The molecule has 0 aliphatic heterocycles. The highest BCUT2D eigenvalue weighted by Crippen LogP contribution is 2.42. The molecule has 0 atom stereocenters. The molecule has 0 fully saturated rings. The highest BCUT2D eigenvalue weighted by atomic mass is 35.5. The van der Waals surface area contributed by atoms with Crippen molar-refractivity contribution < 1.29 is 19.7 Å². The molecule has 10 nitrogen and oxygen atoms in total. The molecule has 12 heteroatoms. The molecule has 4 N–H and O–H groups in total. The first-order valence-corrected chi connectivity index (χ1v) is 13.3. The van der Waals surface area contributed by atoms with Gasteiger partial charge in [0.1, 0.15) is 11.4 Å². The van der Waals surface area contributed by atoms with Gasteiger partial charge in [-0.25, -0.2) is 9.97 Å². The average molecular weight is 585 g/mol. The number of methoxy groups -OCH3 is 2. The molecule has 0 amide bonds. The summed E-state index contributed by atoms with van der Waals surface area (Å²) in [7, 11) is 3.06. The lowest BCUT2D eigenvalue weighted by Gasteiger charge is -2.15. The van der Waals surface area contributed by atoms with Crippen LogP contribution in [0.25, 0.3) is 33.6 Å². The molecule has 4 rings (SSSR count). The van der Waals surface area contributed by atoms with Crippen LogP contribution in [0, 0.1) is 0 Å². The van der Waals surface area contributed by atoms with Crippen molar-refractivity contribution >= 4 is 23.2 Å². The predicted molar refractivity (Wildman–Crippen MR) is 155 cm³/mol. The second kappa shape index (κ2) is 14.3. The van der Waals surface area contributed by atoms with Crippen LogP contribution in [-0.4, -0.2) is 70.7 Å². The number of aliphatic hydroxyl groups excluding tert-OH is 2. The van der Waals surface area contributed by atoms with E-state index >= 15 is 0 Å². The minimum Gasteiger partial charge on any atom is -0.480 e. The summed E-state index contributed by atoms with van der Waals surface area (Å²) in [4.78, 5) is 18.2. The lowest BCUT2D eigenvalue weighted by molar-refractivity contribution is 0.290. The maximum Gasteiger partial charge on any atom is 0.237 e. The van der Waals surface area contributed by atoms with E-state index in [1.54, 1.807) is 12.4 Å². The van der Waals surface area contributed by atoms with Gasteiger partial charge in [-0.1, -0.05) is 59.6 Å². The van der Waals surface area contributed by atoms with Crippen molar-refractivity contribution in [1.29, 1.82) is 0 Å². The molecule has 0 saturated carbocycles. The van der Waals surface area contributed by atoms with Crippen molar-refractivity contribution in [3.05, 3.63) is 70.2 Å². The fraction of sp³-hybridized carbons (Fsp3) is 0.286. The standard InChI is InChI=1S/C28H30Cl2N6O4/c1-39-27-23(13-31-9-11-37)33-15-21(35-27)19-7-3-5-17(25(19)29)18-6-4-8-20(26(18)30)22-16-34-24(14-32-10-12-38)28(36-22)40-2/h3-8,15-16,31-32,37-38H,9-14H2,1-2H3. The number of hydrogen-bond donors (Lipinski definition) is 4. The third-order valence-corrected chi connectivity index (χ3v) is 6.83. The first kappa shape index (κ1) is 29.6. The lowest BCUT2D eigenvalue weighted by Crippen LogP contribution is -2.19. The zero-order valence-electron chi connectivity index (χ0n) is 22.1. The van der Waals surface area contributed by atoms with E-state index in [2.05, 4.69) is 30.6 Å². The van der Waals surface area contributed by atoms with Gasteiger partial charge in [0.15, 0.2) is 0 Å². The number of nitrogens with zero attached hydrogens (tertiary/aromatic N) is 4. The Morgan fingerprint density at radius 2 is 1.07 bits per heavy atom. The summed E-state index contributed by atoms with van der Waals surface area (Å²) in [5.74, 6) is 0.735. The summed E-state index contributed by atoms with van der Waals surface area (Å²) in [5, 5.41) is 25.1. The van der Waals surface area contributed by atoms with Gasteiger partial charge in [0.2, 0.25) is 11.8 Å². The maximum absolute atomic E-state index is 9.01. The minimum atomic E-state index is 0.0221. The van der Waals surface area contributed by atoms with Crippen LogP contribution in [0.5, 0.6) is 11.8 Å². The van der Waals surface area contributed by atoms with Crippen LogP contribution in [0.1, 0.15) is 11.4 Å². The summed E-state index contributed by atoms with van der Waals surface area (Å²) in [6.45, 7) is 1.72. The van der Waals surface area contributed by atoms with E-state index in [9.17, 15) is 0 Å². The molecule has 0 aliphatic rings. The van der Waals surface area contributed by atoms with Gasteiger partial charge in [-0.15, -0.1) is 0 Å². The number of aliphatic hydroxyl groups is 2. The number of nitrogens with one attached hydrogen (secondary N) is 2. The third-order valence-electron chi connectivity index (χ3n) is 6.01. The summed E-state index contributed by atoms with van der Waals surface area (Å²) >= 11 is 13.9. The zero-order chi connectivity index (χ0) is 28.5. The zero-order valence-corrected chi connectivity index (χ0v) is 23.6. The largest absolute Gasteiger partial charge is 0.480 e. The topological polar surface area (TPSA) is 135 Å². The molecule has 0 aliphatic carbocycles. The maximum atomic E-state index is 9.01. The Labute approximate surface area is 242 Å². The van der Waals surface area contributed by atoms with Crippen LogP contribution in [0.15, 0.2) is 48.8 Å². The molecule has 4 aromatic rings. The van der Waals surface area contributed by atoms with Crippen molar-refractivity contribution in [2.24, 2.45) is 0 Å². The van der Waals surface area contributed by atoms with E-state index in [0.717, 1.165) is 0 Å². The Kier molecular flexibility index (Phi) is 10.6. The SMILES string of the molecule is COc1nc(-c2cccc(-c3cccc(-c4cnc(CNCCO)c(OC)n4)c3Cl)c2Cl)cnc1CNCCO. The van der Waals surface area contributed by atoms with Gasteiger partial charge in [0.25, 0.3) is 0 Å². The molecule has 0 unspecified atom stereocenters. The highest BCUT2D eigenvalue weighted by Gasteiger charge is 2.19. The van der Waals surface area contributed by atoms with Gasteiger partial charge in [0.05, 0.1) is 61.3 Å². The van der Waals surface area contributed by atoms with E-state index in [1.807, 2.05) is 36.4 Å². The lowest BCUT2D eigenvalue weighted by atomic mass is 9.98.